The minimum absolute atomic E-state index is 0.00106. The van der Waals surface area contributed by atoms with Crippen molar-refractivity contribution >= 4 is 27.3 Å². The third-order valence-corrected chi connectivity index (χ3v) is 4.65. The third-order valence-electron chi connectivity index (χ3n) is 3.22. The van der Waals surface area contributed by atoms with Gasteiger partial charge in [-0.25, -0.2) is 13.1 Å². The van der Waals surface area contributed by atoms with E-state index in [1.807, 2.05) is 0 Å². The summed E-state index contributed by atoms with van der Waals surface area (Å²) in [6.45, 7) is 3.44. The van der Waals surface area contributed by atoms with Crippen LogP contribution in [0.3, 0.4) is 0 Å². The van der Waals surface area contributed by atoms with Gasteiger partial charge in [0.05, 0.1) is 9.82 Å². The van der Waals surface area contributed by atoms with E-state index < -0.39 is 32.4 Å². The summed E-state index contributed by atoms with van der Waals surface area (Å²) >= 11 is 0. The van der Waals surface area contributed by atoms with E-state index in [0.717, 1.165) is 24.3 Å². The minimum atomic E-state index is -3.82. The van der Waals surface area contributed by atoms with E-state index in [2.05, 4.69) is 16.6 Å². The Morgan fingerprint density at radius 1 is 1.27 bits per heavy atom. The topological polar surface area (TPSA) is 118 Å². The molecule has 0 bridgehead atoms. The summed E-state index contributed by atoms with van der Waals surface area (Å²) in [6, 6.07) is 8.10. The summed E-state index contributed by atoms with van der Waals surface area (Å²) in [5.41, 5.74) is -0.771. The van der Waals surface area contributed by atoms with Crippen molar-refractivity contribution < 1.29 is 22.5 Å². The molecule has 0 heterocycles. The van der Waals surface area contributed by atoms with E-state index in [-0.39, 0.29) is 22.7 Å². The summed E-state index contributed by atoms with van der Waals surface area (Å²) in [5.74, 6) is -1.74. The van der Waals surface area contributed by atoms with E-state index in [0.29, 0.717) is 0 Å². The molecule has 8 nitrogen and oxygen atoms in total. The van der Waals surface area contributed by atoms with Gasteiger partial charge in [-0.05, 0) is 30.3 Å². The maximum atomic E-state index is 13.3. The number of anilines is 1. The molecule has 0 aliphatic heterocycles. The monoisotopic (exact) mass is 379 g/mol. The van der Waals surface area contributed by atoms with Crippen molar-refractivity contribution in [2.75, 3.05) is 11.9 Å². The largest absolute Gasteiger partial charge is 0.322 e. The number of carbonyl (C=O) groups excluding carboxylic acids is 1. The van der Waals surface area contributed by atoms with E-state index >= 15 is 0 Å². The maximum Gasteiger partial charge on any atom is 0.306 e. The van der Waals surface area contributed by atoms with Crippen molar-refractivity contribution in [3.05, 3.63) is 76.6 Å². The van der Waals surface area contributed by atoms with Crippen LogP contribution in [-0.4, -0.2) is 25.8 Å². The molecule has 0 aliphatic carbocycles. The van der Waals surface area contributed by atoms with Crippen LogP contribution in [0.15, 0.2) is 60.0 Å². The highest BCUT2D eigenvalue weighted by Crippen LogP contribution is 2.22. The molecule has 0 spiro atoms. The van der Waals surface area contributed by atoms with Crippen molar-refractivity contribution in [3.63, 3.8) is 0 Å². The molecule has 10 heteroatoms. The second kappa shape index (κ2) is 7.85. The van der Waals surface area contributed by atoms with Gasteiger partial charge in [0.15, 0.2) is 0 Å². The molecule has 0 saturated carbocycles. The fourth-order valence-corrected chi connectivity index (χ4v) is 3.03. The predicted octanol–water partition coefficient (Wildman–Crippen LogP) is 2.45. The number of carbonyl (C=O) groups is 1. The lowest BCUT2D eigenvalue weighted by Gasteiger charge is -2.08. The zero-order chi connectivity index (χ0) is 19.3. The Kier molecular flexibility index (Phi) is 5.80. The molecular weight excluding hydrogens is 365 g/mol. The number of rotatable bonds is 7. The van der Waals surface area contributed by atoms with Crippen LogP contribution in [0.5, 0.6) is 0 Å². The van der Waals surface area contributed by atoms with Crippen LogP contribution < -0.4 is 10.0 Å². The molecule has 0 fully saturated rings. The number of hydrogen-bond acceptors (Lipinski definition) is 5. The van der Waals surface area contributed by atoms with Crippen LogP contribution in [0, 0.1) is 15.9 Å². The van der Waals surface area contributed by atoms with Gasteiger partial charge in [-0.1, -0.05) is 12.1 Å². The Morgan fingerprint density at radius 3 is 2.65 bits per heavy atom. The van der Waals surface area contributed by atoms with Crippen LogP contribution in [0.1, 0.15) is 10.4 Å². The van der Waals surface area contributed by atoms with Gasteiger partial charge in [0.25, 0.3) is 5.91 Å². The lowest BCUT2D eigenvalue weighted by Crippen LogP contribution is -2.24. The Hall–Kier alpha value is -3.11. The van der Waals surface area contributed by atoms with Crippen molar-refractivity contribution in [3.8, 4) is 0 Å². The first-order valence-corrected chi connectivity index (χ1v) is 8.69. The summed E-state index contributed by atoms with van der Waals surface area (Å²) in [6.07, 6.45) is 1.37. The summed E-state index contributed by atoms with van der Waals surface area (Å²) < 4.78 is 39.8. The number of amides is 1. The van der Waals surface area contributed by atoms with Crippen molar-refractivity contribution in [1.82, 2.24) is 4.72 Å². The quantitative estimate of drug-likeness (QED) is 0.435. The Labute approximate surface area is 148 Å². The van der Waals surface area contributed by atoms with Gasteiger partial charge in [-0.2, -0.15) is 4.39 Å². The average molecular weight is 379 g/mol. The number of hydrogen-bond donors (Lipinski definition) is 2. The number of sulfonamides is 1. The van der Waals surface area contributed by atoms with Gasteiger partial charge < -0.3 is 5.32 Å². The molecule has 0 aliphatic rings. The normalized spacial score (nSPS) is 11.0. The Morgan fingerprint density at radius 2 is 2.00 bits per heavy atom. The lowest BCUT2D eigenvalue weighted by molar-refractivity contribution is -0.387. The van der Waals surface area contributed by atoms with E-state index in [1.54, 1.807) is 0 Å². The van der Waals surface area contributed by atoms with Crippen LogP contribution in [0.2, 0.25) is 0 Å². The van der Waals surface area contributed by atoms with Crippen molar-refractivity contribution in [2.24, 2.45) is 0 Å². The molecule has 1 amide bonds. The van der Waals surface area contributed by atoms with Crippen LogP contribution in [0.25, 0.3) is 0 Å². The predicted molar refractivity (Wildman–Crippen MR) is 92.8 cm³/mol. The van der Waals surface area contributed by atoms with Crippen molar-refractivity contribution in [1.29, 1.82) is 0 Å². The number of nitro benzene ring substituents is 1. The Balaban J connectivity index is 2.26. The van der Waals surface area contributed by atoms with Crippen molar-refractivity contribution in [2.45, 2.75) is 4.90 Å². The Bertz CT molecular complexity index is 976. The summed E-state index contributed by atoms with van der Waals surface area (Å²) in [5, 5.41) is 13.1. The zero-order valence-electron chi connectivity index (χ0n) is 13.3. The highest BCUT2D eigenvalue weighted by molar-refractivity contribution is 7.89. The lowest BCUT2D eigenvalue weighted by atomic mass is 10.2. The summed E-state index contributed by atoms with van der Waals surface area (Å²) in [7, 11) is -3.82. The number of halogens is 1. The maximum absolute atomic E-state index is 13.3. The molecule has 0 atom stereocenters. The minimum Gasteiger partial charge on any atom is -0.322 e. The summed E-state index contributed by atoms with van der Waals surface area (Å²) in [4.78, 5) is 22.0. The highest BCUT2D eigenvalue weighted by atomic mass is 32.2. The van der Waals surface area contributed by atoms with E-state index in [1.165, 1.54) is 24.3 Å². The van der Waals surface area contributed by atoms with Crippen LogP contribution in [-0.2, 0) is 10.0 Å². The standard InChI is InChI=1S/C16H14FN3O5S/c1-2-8-18-26(24,25)13-5-3-4-11(9-13)16(21)19-12-6-7-14(17)15(10-12)20(22)23/h2-7,9-10,18H,1,8H2,(H,19,21). The molecule has 26 heavy (non-hydrogen) atoms. The molecule has 136 valence electrons. The van der Waals surface area contributed by atoms with Gasteiger partial charge in [-0.3, -0.25) is 14.9 Å². The molecule has 2 aromatic carbocycles. The first-order valence-electron chi connectivity index (χ1n) is 7.20. The van der Waals surface area contributed by atoms with Gasteiger partial charge >= 0.3 is 5.69 Å². The number of nitrogens with zero attached hydrogens (tertiary/aromatic N) is 1. The third kappa shape index (κ3) is 4.49. The second-order valence-corrected chi connectivity index (χ2v) is 6.81. The van der Waals surface area contributed by atoms with E-state index in [9.17, 15) is 27.7 Å². The van der Waals surface area contributed by atoms with Gasteiger partial charge in [-0.15, -0.1) is 6.58 Å². The van der Waals surface area contributed by atoms with Gasteiger partial charge in [0.2, 0.25) is 15.8 Å². The molecule has 0 saturated heterocycles. The van der Waals surface area contributed by atoms with E-state index in [4.69, 9.17) is 0 Å². The first-order chi connectivity index (χ1) is 12.2. The smallest absolute Gasteiger partial charge is 0.306 e. The number of benzene rings is 2. The molecular formula is C16H14FN3O5S. The molecule has 0 radical (unpaired) electrons. The average Bonchev–Trinajstić information content (AvgIpc) is 2.61. The number of nitrogens with one attached hydrogen (secondary N) is 2. The SMILES string of the molecule is C=CCNS(=O)(=O)c1cccc(C(=O)Nc2ccc(F)c([N+](=O)[O-])c2)c1. The molecule has 2 N–H and O–H groups in total. The van der Waals surface area contributed by atoms with Crippen LogP contribution >= 0.6 is 0 Å². The fraction of sp³-hybridized carbons (Fsp3) is 0.0625. The fourth-order valence-electron chi connectivity index (χ4n) is 1.99. The zero-order valence-corrected chi connectivity index (χ0v) is 14.1. The first kappa shape index (κ1) is 19.2. The van der Waals surface area contributed by atoms with Crippen LogP contribution in [0.4, 0.5) is 15.8 Å². The molecule has 2 rings (SSSR count). The molecule has 0 unspecified atom stereocenters. The number of nitro groups is 1. The second-order valence-electron chi connectivity index (χ2n) is 5.05. The van der Waals surface area contributed by atoms with Gasteiger partial charge in [0.1, 0.15) is 0 Å². The molecule has 0 aromatic heterocycles. The molecule has 2 aromatic rings. The highest BCUT2D eigenvalue weighted by Gasteiger charge is 2.18. The van der Waals surface area contributed by atoms with Gasteiger partial charge in [0, 0.05) is 23.9 Å².